The van der Waals surface area contributed by atoms with E-state index >= 15 is 0 Å². The normalized spacial score (nSPS) is 16.9. The molecule has 2 aliphatic rings. The number of aliphatic hydroxyl groups excluding tert-OH is 2. The number of benzene rings is 8. The Kier molecular flexibility index (Phi) is 7.95. The zero-order valence-electron chi connectivity index (χ0n) is 29.8. The SMILES string of the molecule is CC1=Cc2c(-c3cccc4cc5ccccc5cc34)cccc2[CH]1[Zr]([CH](O)CO)[CH]1C(C)=Cc2c(-c3cccc4cc5ccccc5cc34)cccc21. The molecule has 0 heterocycles. The van der Waals surface area contributed by atoms with Crippen LogP contribution in [-0.2, 0) is 21.8 Å². The monoisotopic (exact) mass is 761 g/mol. The Labute approximate surface area is 318 Å². The standard InChI is InChI=1S/2C24H17.C2H5O2.Zr/c2*1-16-12-19-8-4-10-21(23(19)13-16)22-11-5-9-20-14-17-6-2-3-7-18(17)15-24(20)22;3-1-2-4;/h2*2-15H,1H3;1,3-4H,2H2;. The number of allylic oxidation sites excluding steroid dienone is 2. The Hall–Kier alpha value is -4.92. The zero-order chi connectivity index (χ0) is 35.8. The average Bonchev–Trinajstić information content (AvgIpc) is 3.71. The molecule has 2 nitrogen and oxygen atoms in total. The summed E-state index contributed by atoms with van der Waals surface area (Å²) in [6, 6.07) is 53.2. The van der Waals surface area contributed by atoms with Gasteiger partial charge in [-0.05, 0) is 0 Å². The van der Waals surface area contributed by atoms with Crippen LogP contribution in [0, 0.1) is 0 Å². The molecule has 0 aliphatic heterocycles. The first kappa shape index (κ1) is 32.7. The maximum atomic E-state index is 12.0. The van der Waals surface area contributed by atoms with Gasteiger partial charge in [-0.15, -0.1) is 0 Å². The number of hydrogen-bond donors (Lipinski definition) is 2. The molecule has 0 amide bonds. The van der Waals surface area contributed by atoms with Crippen molar-refractivity contribution in [2.45, 2.75) is 24.9 Å². The van der Waals surface area contributed by atoms with E-state index in [1.54, 1.807) is 0 Å². The van der Waals surface area contributed by atoms with Crippen molar-refractivity contribution in [3.63, 3.8) is 0 Å². The summed E-state index contributed by atoms with van der Waals surface area (Å²) in [6.45, 7) is 4.29. The van der Waals surface area contributed by atoms with Gasteiger partial charge in [-0.3, -0.25) is 0 Å². The van der Waals surface area contributed by atoms with E-state index in [0.29, 0.717) is 0 Å². The average molecular weight is 763 g/mol. The molecule has 53 heavy (non-hydrogen) atoms. The predicted molar refractivity (Wildman–Crippen MR) is 220 cm³/mol. The van der Waals surface area contributed by atoms with Gasteiger partial charge in [-0.1, -0.05) is 0 Å². The van der Waals surface area contributed by atoms with E-state index in [1.807, 2.05) is 0 Å². The fourth-order valence-electron chi connectivity index (χ4n) is 9.52. The molecule has 2 N–H and O–H groups in total. The molecule has 8 aromatic rings. The Morgan fingerprint density at radius 2 is 0.849 bits per heavy atom. The van der Waals surface area contributed by atoms with E-state index in [0.717, 1.165) is 0 Å². The van der Waals surface area contributed by atoms with Gasteiger partial charge in [0.15, 0.2) is 0 Å². The molecule has 0 radical (unpaired) electrons. The van der Waals surface area contributed by atoms with Gasteiger partial charge in [0.1, 0.15) is 0 Å². The Balaban J connectivity index is 1.10. The van der Waals surface area contributed by atoms with E-state index in [4.69, 9.17) is 0 Å². The molecule has 2 aliphatic carbocycles. The summed E-state index contributed by atoms with van der Waals surface area (Å²) >= 11 is -3.08. The van der Waals surface area contributed by atoms with Crippen LogP contribution in [0.25, 0.3) is 77.5 Å². The van der Waals surface area contributed by atoms with Crippen molar-refractivity contribution in [3.8, 4) is 22.3 Å². The van der Waals surface area contributed by atoms with E-state index < -0.39 is 25.6 Å². The van der Waals surface area contributed by atoms with Crippen molar-refractivity contribution in [3.05, 3.63) is 179 Å². The van der Waals surface area contributed by atoms with Crippen molar-refractivity contribution in [1.82, 2.24) is 0 Å². The third-order valence-corrected chi connectivity index (χ3v) is 21.2. The van der Waals surface area contributed by atoms with E-state index in [9.17, 15) is 10.2 Å². The second kappa shape index (κ2) is 12.9. The quantitative estimate of drug-likeness (QED) is 0.166. The fourth-order valence-corrected chi connectivity index (χ4v) is 18.7. The molecule has 0 saturated carbocycles. The number of fused-ring (bicyclic) bond motifs is 6. The van der Waals surface area contributed by atoms with Crippen molar-refractivity contribution in [2.75, 3.05) is 6.61 Å². The molecule has 0 bridgehead atoms. The molecule has 10 rings (SSSR count). The Morgan fingerprint density at radius 1 is 0.472 bits per heavy atom. The third kappa shape index (κ3) is 5.24. The molecular weight excluding hydrogens is 724 g/mol. The van der Waals surface area contributed by atoms with Gasteiger partial charge >= 0.3 is 320 Å². The molecule has 0 saturated heterocycles. The summed E-state index contributed by atoms with van der Waals surface area (Å²) in [5.41, 5.74) is 12.7. The first-order valence-electron chi connectivity index (χ1n) is 18.6. The van der Waals surface area contributed by atoms with Crippen molar-refractivity contribution in [1.29, 1.82) is 0 Å². The van der Waals surface area contributed by atoms with Crippen LogP contribution in [0.15, 0.2) is 157 Å². The zero-order valence-corrected chi connectivity index (χ0v) is 32.3. The van der Waals surface area contributed by atoms with Crippen LogP contribution in [-0.4, -0.2) is 20.6 Å². The van der Waals surface area contributed by atoms with E-state index in [2.05, 4.69) is 172 Å². The molecule has 0 spiro atoms. The van der Waals surface area contributed by atoms with Gasteiger partial charge < -0.3 is 0 Å². The van der Waals surface area contributed by atoms with Gasteiger partial charge in [0, 0.05) is 0 Å². The van der Waals surface area contributed by atoms with Crippen LogP contribution in [0.5, 0.6) is 0 Å². The number of rotatable bonds is 6. The number of hydrogen-bond acceptors (Lipinski definition) is 2. The van der Waals surface area contributed by atoms with Crippen molar-refractivity contribution < 1.29 is 32.0 Å². The molecule has 3 unspecified atom stereocenters. The van der Waals surface area contributed by atoms with Gasteiger partial charge in [0.25, 0.3) is 0 Å². The van der Waals surface area contributed by atoms with E-state index in [-0.39, 0.29) is 13.9 Å². The summed E-state index contributed by atoms with van der Waals surface area (Å²) in [6.07, 6.45) is 4.76. The Bertz CT molecular complexity index is 2650. The van der Waals surface area contributed by atoms with Crippen LogP contribution in [0.3, 0.4) is 0 Å². The van der Waals surface area contributed by atoms with Gasteiger partial charge in [0.05, 0.1) is 0 Å². The number of aliphatic hydroxyl groups is 2. The summed E-state index contributed by atoms with van der Waals surface area (Å²) < 4.78 is -0.439. The van der Waals surface area contributed by atoms with Gasteiger partial charge in [-0.25, -0.2) is 0 Å². The van der Waals surface area contributed by atoms with Crippen LogP contribution >= 0.6 is 0 Å². The second-order valence-electron chi connectivity index (χ2n) is 14.9. The molecule has 255 valence electrons. The predicted octanol–water partition coefficient (Wildman–Crippen LogP) is 12.2. The van der Waals surface area contributed by atoms with Crippen LogP contribution in [0.1, 0.15) is 43.4 Å². The molecule has 8 aromatic carbocycles. The second-order valence-corrected chi connectivity index (χ2v) is 21.8. The maximum absolute atomic E-state index is 12.0. The minimum absolute atomic E-state index is 0.136. The molecular formula is C50H39O2Zr. The first-order chi connectivity index (χ1) is 26.0. The molecule has 0 aromatic heterocycles. The summed E-state index contributed by atoms with van der Waals surface area (Å²) in [7, 11) is 0. The van der Waals surface area contributed by atoms with Crippen LogP contribution in [0.2, 0.25) is 0 Å². The third-order valence-electron chi connectivity index (χ3n) is 11.9. The van der Waals surface area contributed by atoms with Crippen LogP contribution in [0.4, 0.5) is 0 Å². The van der Waals surface area contributed by atoms with Crippen LogP contribution < -0.4 is 0 Å². The molecule has 3 atom stereocenters. The van der Waals surface area contributed by atoms with Crippen molar-refractivity contribution in [2.24, 2.45) is 0 Å². The summed E-state index contributed by atoms with van der Waals surface area (Å²) in [4.78, 5) is 0. The van der Waals surface area contributed by atoms with Crippen molar-refractivity contribution >= 4 is 55.2 Å². The fraction of sp³-hybridized carbons (Fsp3) is 0.120. The first-order valence-corrected chi connectivity index (χ1v) is 22.9. The van der Waals surface area contributed by atoms with Gasteiger partial charge in [-0.2, -0.15) is 0 Å². The molecule has 3 heteroatoms. The summed E-state index contributed by atoms with van der Waals surface area (Å²) in [5.74, 6) is 0. The summed E-state index contributed by atoms with van der Waals surface area (Å²) in [5, 5.41) is 32.6. The Morgan fingerprint density at radius 3 is 1.28 bits per heavy atom. The minimum atomic E-state index is -3.08. The molecule has 0 fully saturated rings. The topological polar surface area (TPSA) is 40.5 Å². The van der Waals surface area contributed by atoms with Gasteiger partial charge in [0.2, 0.25) is 0 Å². The van der Waals surface area contributed by atoms with E-state index in [1.165, 1.54) is 98.7 Å².